The first kappa shape index (κ1) is 6.46. The number of nitrogens with one attached hydrogen (secondary N) is 1. The van der Waals surface area contributed by atoms with Crippen molar-refractivity contribution in [3.8, 4) is 0 Å². The third-order valence-electron chi connectivity index (χ3n) is 1.87. The minimum atomic E-state index is -0.351. The third kappa shape index (κ3) is 0.926. The second kappa shape index (κ2) is 2.12. The van der Waals surface area contributed by atoms with Gasteiger partial charge in [-0.3, -0.25) is 4.98 Å². The Labute approximate surface area is 63.6 Å². The SMILES string of the molecule is N=C1CCc2ncc(F)cc21. The minimum absolute atomic E-state index is 0.351. The molecule has 0 fully saturated rings. The number of pyridine rings is 1. The Hall–Kier alpha value is -1.25. The van der Waals surface area contributed by atoms with Crippen molar-refractivity contribution in [3.63, 3.8) is 0 Å². The molecule has 56 valence electrons. The summed E-state index contributed by atoms with van der Waals surface area (Å²) in [5.74, 6) is -0.351. The van der Waals surface area contributed by atoms with E-state index in [-0.39, 0.29) is 5.82 Å². The lowest BCUT2D eigenvalue weighted by atomic mass is 10.2. The molecule has 1 aromatic heterocycles. The molecular weight excluding hydrogens is 143 g/mol. The lowest BCUT2D eigenvalue weighted by Crippen LogP contribution is -1.93. The zero-order valence-corrected chi connectivity index (χ0v) is 5.89. The summed E-state index contributed by atoms with van der Waals surface area (Å²) in [7, 11) is 0. The van der Waals surface area contributed by atoms with E-state index in [1.54, 1.807) is 0 Å². The van der Waals surface area contributed by atoms with E-state index in [1.807, 2.05) is 0 Å². The molecule has 0 saturated carbocycles. The maximum atomic E-state index is 12.6. The summed E-state index contributed by atoms with van der Waals surface area (Å²) >= 11 is 0. The summed E-state index contributed by atoms with van der Waals surface area (Å²) in [6, 6.07) is 1.39. The fraction of sp³-hybridized carbons (Fsp3) is 0.250. The Morgan fingerprint density at radius 3 is 3.09 bits per heavy atom. The summed E-state index contributed by atoms with van der Waals surface area (Å²) < 4.78 is 12.6. The molecule has 0 atom stereocenters. The number of aromatic nitrogens is 1. The van der Waals surface area contributed by atoms with E-state index in [2.05, 4.69) is 4.98 Å². The molecule has 2 rings (SSSR count). The zero-order valence-electron chi connectivity index (χ0n) is 5.89. The maximum Gasteiger partial charge on any atom is 0.142 e. The molecule has 0 bridgehead atoms. The molecule has 3 heteroatoms. The van der Waals surface area contributed by atoms with Crippen LogP contribution in [0.2, 0.25) is 0 Å². The Balaban J connectivity index is 2.60. The number of rotatable bonds is 0. The Kier molecular flexibility index (Phi) is 1.24. The maximum absolute atomic E-state index is 12.6. The molecule has 0 radical (unpaired) electrons. The largest absolute Gasteiger partial charge is 0.305 e. The number of halogens is 1. The minimum Gasteiger partial charge on any atom is -0.305 e. The molecule has 1 N–H and O–H groups in total. The summed E-state index contributed by atoms with van der Waals surface area (Å²) in [5, 5.41) is 7.42. The van der Waals surface area contributed by atoms with Crippen LogP contribution in [-0.2, 0) is 6.42 Å². The molecule has 0 unspecified atom stereocenters. The van der Waals surface area contributed by atoms with E-state index < -0.39 is 0 Å². The summed E-state index contributed by atoms with van der Waals surface area (Å²) in [4.78, 5) is 3.89. The number of hydrogen-bond acceptors (Lipinski definition) is 2. The fourth-order valence-corrected chi connectivity index (χ4v) is 1.31. The Morgan fingerprint density at radius 1 is 1.45 bits per heavy atom. The Bertz CT molecular complexity index is 320. The summed E-state index contributed by atoms with van der Waals surface area (Å²) in [6.07, 6.45) is 2.69. The van der Waals surface area contributed by atoms with Gasteiger partial charge >= 0.3 is 0 Å². The lowest BCUT2D eigenvalue weighted by molar-refractivity contribution is 0.619. The van der Waals surface area contributed by atoms with Gasteiger partial charge in [0, 0.05) is 17.0 Å². The first-order chi connectivity index (χ1) is 5.27. The van der Waals surface area contributed by atoms with E-state index >= 15 is 0 Å². The molecule has 0 amide bonds. The van der Waals surface area contributed by atoms with Crippen LogP contribution < -0.4 is 0 Å². The number of nitrogens with zero attached hydrogens (tertiary/aromatic N) is 1. The van der Waals surface area contributed by atoms with Gasteiger partial charge in [-0.05, 0) is 18.9 Å². The van der Waals surface area contributed by atoms with Crippen molar-refractivity contribution in [1.82, 2.24) is 4.98 Å². The van der Waals surface area contributed by atoms with Gasteiger partial charge in [-0.2, -0.15) is 0 Å². The van der Waals surface area contributed by atoms with Crippen LogP contribution in [0.3, 0.4) is 0 Å². The van der Waals surface area contributed by atoms with Crippen molar-refractivity contribution in [1.29, 1.82) is 5.41 Å². The van der Waals surface area contributed by atoms with Crippen molar-refractivity contribution in [2.75, 3.05) is 0 Å². The van der Waals surface area contributed by atoms with Gasteiger partial charge in [0.25, 0.3) is 0 Å². The van der Waals surface area contributed by atoms with E-state index in [4.69, 9.17) is 5.41 Å². The van der Waals surface area contributed by atoms with Gasteiger partial charge in [-0.1, -0.05) is 0 Å². The van der Waals surface area contributed by atoms with Crippen molar-refractivity contribution in [2.45, 2.75) is 12.8 Å². The van der Waals surface area contributed by atoms with Gasteiger partial charge in [-0.15, -0.1) is 0 Å². The van der Waals surface area contributed by atoms with Crippen LogP contribution in [0.5, 0.6) is 0 Å². The van der Waals surface area contributed by atoms with Gasteiger partial charge in [-0.25, -0.2) is 4.39 Å². The van der Waals surface area contributed by atoms with Crippen LogP contribution in [0.15, 0.2) is 12.3 Å². The molecule has 0 spiro atoms. The van der Waals surface area contributed by atoms with E-state index in [0.717, 1.165) is 12.1 Å². The van der Waals surface area contributed by atoms with Crippen LogP contribution >= 0.6 is 0 Å². The van der Waals surface area contributed by atoms with Crippen LogP contribution in [-0.4, -0.2) is 10.7 Å². The van der Waals surface area contributed by atoms with Crippen LogP contribution in [0.4, 0.5) is 4.39 Å². The van der Waals surface area contributed by atoms with Crippen molar-refractivity contribution < 1.29 is 4.39 Å². The predicted octanol–water partition coefficient (Wildman–Crippen LogP) is 1.53. The number of hydrogen-bond donors (Lipinski definition) is 1. The average Bonchev–Trinajstić information content (AvgIpc) is 2.33. The molecule has 1 aliphatic rings. The quantitative estimate of drug-likeness (QED) is 0.598. The predicted molar refractivity (Wildman–Crippen MR) is 39.3 cm³/mol. The fourth-order valence-electron chi connectivity index (χ4n) is 1.31. The van der Waals surface area contributed by atoms with E-state index in [9.17, 15) is 4.39 Å². The molecule has 0 aromatic carbocycles. The standard InChI is InChI=1S/C8H7FN2/c9-5-3-6-7(10)1-2-8(6)11-4-5/h3-4,10H,1-2H2. The Morgan fingerprint density at radius 2 is 2.27 bits per heavy atom. The molecular formula is C8H7FN2. The number of fused-ring (bicyclic) bond motifs is 1. The van der Waals surface area contributed by atoms with Crippen LogP contribution in [0, 0.1) is 11.2 Å². The van der Waals surface area contributed by atoms with Crippen molar-refractivity contribution >= 4 is 5.71 Å². The van der Waals surface area contributed by atoms with Gasteiger partial charge in [0.05, 0.1) is 6.20 Å². The topological polar surface area (TPSA) is 36.7 Å². The second-order valence-corrected chi connectivity index (χ2v) is 2.63. The van der Waals surface area contributed by atoms with Crippen molar-refractivity contribution in [3.05, 3.63) is 29.3 Å². The smallest absolute Gasteiger partial charge is 0.142 e. The van der Waals surface area contributed by atoms with Crippen LogP contribution in [0.1, 0.15) is 17.7 Å². The van der Waals surface area contributed by atoms with E-state index in [1.165, 1.54) is 12.3 Å². The van der Waals surface area contributed by atoms with Gasteiger partial charge in [0.15, 0.2) is 0 Å². The van der Waals surface area contributed by atoms with Crippen molar-refractivity contribution in [2.24, 2.45) is 0 Å². The molecule has 1 heterocycles. The van der Waals surface area contributed by atoms with E-state index in [0.29, 0.717) is 17.7 Å². The van der Waals surface area contributed by atoms with Gasteiger partial charge in [0.2, 0.25) is 0 Å². The number of aryl methyl sites for hydroxylation is 1. The van der Waals surface area contributed by atoms with Gasteiger partial charge < -0.3 is 5.41 Å². The highest BCUT2D eigenvalue weighted by Gasteiger charge is 2.17. The summed E-state index contributed by atoms with van der Waals surface area (Å²) in [6.45, 7) is 0. The van der Waals surface area contributed by atoms with Crippen LogP contribution in [0.25, 0.3) is 0 Å². The lowest BCUT2D eigenvalue weighted by Gasteiger charge is -1.95. The highest BCUT2D eigenvalue weighted by molar-refractivity contribution is 6.01. The normalized spacial score (nSPS) is 15.2. The highest BCUT2D eigenvalue weighted by atomic mass is 19.1. The first-order valence-electron chi connectivity index (χ1n) is 3.49. The molecule has 1 aromatic rings. The molecule has 0 aliphatic heterocycles. The monoisotopic (exact) mass is 150 g/mol. The average molecular weight is 150 g/mol. The molecule has 2 nitrogen and oxygen atoms in total. The zero-order chi connectivity index (χ0) is 7.84. The molecule has 0 saturated heterocycles. The third-order valence-corrected chi connectivity index (χ3v) is 1.87. The highest BCUT2D eigenvalue weighted by Crippen LogP contribution is 2.19. The van der Waals surface area contributed by atoms with Gasteiger partial charge in [0.1, 0.15) is 5.82 Å². The molecule has 11 heavy (non-hydrogen) atoms. The summed E-state index contributed by atoms with van der Waals surface area (Å²) in [5.41, 5.74) is 2.05. The first-order valence-corrected chi connectivity index (χ1v) is 3.49. The molecule has 1 aliphatic carbocycles. The second-order valence-electron chi connectivity index (χ2n) is 2.63.